The molecule has 0 atom stereocenters. The lowest BCUT2D eigenvalue weighted by atomic mass is 10.1. The number of ether oxygens (including phenoxy) is 1. The second kappa shape index (κ2) is 5.83. The molecule has 21 heavy (non-hydrogen) atoms. The van der Waals surface area contributed by atoms with Crippen LogP contribution in [0.15, 0.2) is 45.4 Å². The Bertz CT molecular complexity index is 788. The Kier molecular flexibility index (Phi) is 3.90. The van der Waals surface area contributed by atoms with E-state index in [-0.39, 0.29) is 19.0 Å². The minimum absolute atomic E-state index is 0.0820. The van der Waals surface area contributed by atoms with Gasteiger partial charge in [0.25, 0.3) is 0 Å². The lowest BCUT2D eigenvalue weighted by molar-refractivity contribution is 0.200. The Hall–Kier alpha value is -1.92. The third kappa shape index (κ3) is 2.52. The highest BCUT2D eigenvalue weighted by atomic mass is 79.9. The van der Waals surface area contributed by atoms with Gasteiger partial charge in [0.15, 0.2) is 5.58 Å². The summed E-state index contributed by atoms with van der Waals surface area (Å²) < 4.78 is 25.1. The molecule has 6 heteroatoms. The molecule has 0 fully saturated rings. The average molecular weight is 352 g/mol. The molecule has 0 aliphatic heterocycles. The van der Waals surface area contributed by atoms with Crippen molar-refractivity contribution in [3.8, 4) is 17.0 Å². The van der Waals surface area contributed by atoms with Crippen molar-refractivity contribution in [2.45, 2.75) is 0 Å². The number of aromatic nitrogens is 1. The number of rotatable bonds is 4. The lowest BCUT2D eigenvalue weighted by Crippen LogP contribution is -2.01. The Balaban J connectivity index is 2.12. The molecule has 0 unspecified atom stereocenters. The number of benzene rings is 2. The number of hydrogen-bond acceptors (Lipinski definition) is 4. The topological polar surface area (TPSA) is 55.5 Å². The quantitative estimate of drug-likeness (QED) is 0.777. The third-order valence-corrected chi connectivity index (χ3v) is 3.77. The number of hydrogen-bond donors (Lipinski definition) is 1. The van der Waals surface area contributed by atoms with E-state index in [1.807, 2.05) is 0 Å². The van der Waals surface area contributed by atoms with Gasteiger partial charge >= 0.3 is 0 Å². The van der Waals surface area contributed by atoms with Crippen molar-refractivity contribution >= 4 is 26.9 Å². The fourth-order valence-corrected chi connectivity index (χ4v) is 2.60. The van der Waals surface area contributed by atoms with E-state index in [9.17, 15) is 4.39 Å². The molecule has 3 rings (SSSR count). The summed E-state index contributed by atoms with van der Waals surface area (Å²) in [6, 6.07) is 9.87. The molecule has 1 heterocycles. The van der Waals surface area contributed by atoms with E-state index in [1.54, 1.807) is 30.3 Å². The Morgan fingerprint density at radius 2 is 2.05 bits per heavy atom. The summed E-state index contributed by atoms with van der Waals surface area (Å²) in [5.74, 6) is 0.178. The van der Waals surface area contributed by atoms with Crippen LogP contribution in [0.25, 0.3) is 22.2 Å². The van der Waals surface area contributed by atoms with E-state index >= 15 is 0 Å². The molecular weight excluding hydrogens is 341 g/mol. The number of aliphatic hydroxyl groups is 1. The smallest absolute Gasteiger partial charge is 0.185 e. The predicted molar refractivity (Wildman–Crippen MR) is 79.7 cm³/mol. The van der Waals surface area contributed by atoms with E-state index in [4.69, 9.17) is 14.4 Å². The summed E-state index contributed by atoms with van der Waals surface area (Å²) in [7, 11) is 0. The zero-order valence-corrected chi connectivity index (χ0v) is 12.4. The highest BCUT2D eigenvalue weighted by Crippen LogP contribution is 2.38. The molecule has 0 aliphatic carbocycles. The minimum Gasteiger partial charge on any atom is -0.490 e. The molecule has 0 amide bonds. The molecule has 0 saturated heterocycles. The fraction of sp³-hybridized carbons (Fsp3) is 0.133. The SMILES string of the molecule is OCCOc1ccc2c(-c3ccccc3F)noc2c1Br. The number of halogens is 2. The molecule has 2 aromatic carbocycles. The maximum atomic E-state index is 13.9. The zero-order chi connectivity index (χ0) is 14.8. The maximum absolute atomic E-state index is 13.9. The maximum Gasteiger partial charge on any atom is 0.185 e. The van der Waals surface area contributed by atoms with Crippen LogP contribution in [0.4, 0.5) is 4.39 Å². The molecule has 3 aromatic rings. The van der Waals surface area contributed by atoms with Crippen molar-refractivity contribution in [2.75, 3.05) is 13.2 Å². The number of aliphatic hydroxyl groups excluding tert-OH is 1. The summed E-state index contributed by atoms with van der Waals surface area (Å²) in [5, 5.41) is 13.4. The van der Waals surface area contributed by atoms with Gasteiger partial charge in [0, 0.05) is 5.56 Å². The van der Waals surface area contributed by atoms with Gasteiger partial charge < -0.3 is 14.4 Å². The van der Waals surface area contributed by atoms with Crippen LogP contribution >= 0.6 is 15.9 Å². The molecule has 1 N–H and O–H groups in total. The number of fused-ring (bicyclic) bond motifs is 1. The van der Waals surface area contributed by atoms with Crippen molar-refractivity contribution in [1.82, 2.24) is 5.16 Å². The first-order chi connectivity index (χ1) is 10.2. The van der Waals surface area contributed by atoms with Crippen molar-refractivity contribution in [1.29, 1.82) is 0 Å². The predicted octanol–water partition coefficient (Wildman–Crippen LogP) is 3.77. The van der Waals surface area contributed by atoms with E-state index in [1.165, 1.54) is 6.07 Å². The van der Waals surface area contributed by atoms with Crippen LogP contribution in [-0.2, 0) is 0 Å². The monoisotopic (exact) mass is 351 g/mol. The van der Waals surface area contributed by atoms with Crippen molar-refractivity contribution in [3.05, 3.63) is 46.7 Å². The summed E-state index contributed by atoms with van der Waals surface area (Å²) >= 11 is 3.38. The van der Waals surface area contributed by atoms with Crippen LogP contribution in [0.1, 0.15) is 0 Å². The van der Waals surface area contributed by atoms with Crippen LogP contribution in [-0.4, -0.2) is 23.5 Å². The van der Waals surface area contributed by atoms with E-state index in [0.717, 1.165) is 0 Å². The first-order valence-electron chi connectivity index (χ1n) is 6.29. The van der Waals surface area contributed by atoms with E-state index < -0.39 is 0 Å². The molecule has 1 aromatic heterocycles. The largest absolute Gasteiger partial charge is 0.490 e. The third-order valence-electron chi connectivity index (χ3n) is 3.02. The second-order valence-corrected chi connectivity index (χ2v) is 5.13. The van der Waals surface area contributed by atoms with Gasteiger partial charge in [0.2, 0.25) is 0 Å². The van der Waals surface area contributed by atoms with Gasteiger partial charge in [-0.3, -0.25) is 0 Å². The fourth-order valence-electron chi connectivity index (χ4n) is 2.07. The van der Waals surface area contributed by atoms with E-state index in [2.05, 4.69) is 21.1 Å². The molecule has 0 radical (unpaired) electrons. The van der Waals surface area contributed by atoms with Crippen LogP contribution in [0, 0.1) is 5.82 Å². The second-order valence-electron chi connectivity index (χ2n) is 4.34. The van der Waals surface area contributed by atoms with Gasteiger partial charge in [-0.15, -0.1) is 0 Å². The zero-order valence-electron chi connectivity index (χ0n) is 10.8. The Morgan fingerprint density at radius 3 is 2.81 bits per heavy atom. The molecular formula is C15H11BrFNO3. The summed E-state index contributed by atoms with van der Waals surface area (Å²) in [5.41, 5.74) is 1.30. The van der Waals surface area contributed by atoms with Crippen LogP contribution in [0.2, 0.25) is 0 Å². The molecule has 4 nitrogen and oxygen atoms in total. The van der Waals surface area contributed by atoms with Crippen LogP contribution < -0.4 is 4.74 Å². The number of nitrogens with zero attached hydrogens (tertiary/aromatic N) is 1. The average Bonchev–Trinajstić information content (AvgIpc) is 2.92. The van der Waals surface area contributed by atoms with Gasteiger partial charge in [-0.05, 0) is 40.2 Å². The summed E-state index contributed by atoms with van der Waals surface area (Å²) in [6.07, 6.45) is 0. The minimum atomic E-state index is -0.357. The van der Waals surface area contributed by atoms with Gasteiger partial charge in [0.05, 0.1) is 12.0 Å². The Morgan fingerprint density at radius 1 is 1.24 bits per heavy atom. The first kappa shape index (κ1) is 14.0. The first-order valence-corrected chi connectivity index (χ1v) is 7.08. The van der Waals surface area contributed by atoms with Crippen LogP contribution in [0.5, 0.6) is 5.75 Å². The highest BCUT2D eigenvalue weighted by molar-refractivity contribution is 9.10. The normalized spacial score (nSPS) is 11.0. The van der Waals surface area contributed by atoms with Crippen molar-refractivity contribution in [3.63, 3.8) is 0 Å². The van der Waals surface area contributed by atoms with Gasteiger partial charge in [-0.2, -0.15) is 0 Å². The van der Waals surface area contributed by atoms with Gasteiger partial charge in [-0.25, -0.2) is 4.39 Å². The standard InChI is InChI=1S/C15H11BrFNO3/c16-13-12(20-8-7-19)6-5-10-14(18-21-15(10)13)9-3-1-2-4-11(9)17/h1-6,19H,7-8H2. The van der Waals surface area contributed by atoms with E-state index in [0.29, 0.717) is 32.4 Å². The summed E-state index contributed by atoms with van der Waals surface area (Å²) in [6.45, 7) is 0.0970. The molecule has 108 valence electrons. The molecule has 0 aliphatic rings. The van der Waals surface area contributed by atoms with Gasteiger partial charge in [0.1, 0.15) is 28.3 Å². The molecule has 0 spiro atoms. The Labute approximate surface area is 128 Å². The van der Waals surface area contributed by atoms with Crippen molar-refractivity contribution in [2.24, 2.45) is 0 Å². The highest BCUT2D eigenvalue weighted by Gasteiger charge is 2.18. The molecule has 0 saturated carbocycles. The van der Waals surface area contributed by atoms with Gasteiger partial charge in [-0.1, -0.05) is 17.3 Å². The molecule has 0 bridgehead atoms. The van der Waals surface area contributed by atoms with Crippen LogP contribution in [0.3, 0.4) is 0 Å². The van der Waals surface area contributed by atoms with Crippen molar-refractivity contribution < 1.29 is 18.8 Å². The summed E-state index contributed by atoms with van der Waals surface area (Å²) in [4.78, 5) is 0. The lowest BCUT2D eigenvalue weighted by Gasteiger charge is -2.06.